The molecule has 1 heterocycles. The molecule has 1 N–H and O–H groups in total. The minimum Gasteiger partial charge on any atom is -0.497 e. The molecule has 110 valence electrons. The summed E-state index contributed by atoms with van der Waals surface area (Å²) in [5.74, 6) is 0.912. The van der Waals surface area contributed by atoms with E-state index in [0.717, 1.165) is 31.8 Å². The molecule has 1 aliphatic rings. The van der Waals surface area contributed by atoms with E-state index in [0.29, 0.717) is 0 Å². The van der Waals surface area contributed by atoms with E-state index < -0.39 is 0 Å². The van der Waals surface area contributed by atoms with Gasteiger partial charge in [-0.1, -0.05) is 24.3 Å². The Labute approximate surface area is 126 Å². The molecular formula is C18H22N2O. The van der Waals surface area contributed by atoms with Crippen molar-refractivity contribution in [2.45, 2.75) is 19.5 Å². The molecule has 0 saturated carbocycles. The first-order valence-corrected chi connectivity index (χ1v) is 7.43. The number of anilines is 1. The zero-order chi connectivity index (χ0) is 14.7. The Bertz CT molecular complexity index is 624. The number of methoxy groups -OCH3 is 1. The topological polar surface area (TPSA) is 24.5 Å². The standard InChI is InChI=1S/C18H22N2O/c1-20-9-8-16-10-15(6-7-18(16)20)13-19-12-14-4-3-5-17(11-14)21-2/h3-7,10-11,19H,8-9,12-13H2,1-2H3. The van der Waals surface area contributed by atoms with Gasteiger partial charge in [0.2, 0.25) is 0 Å². The van der Waals surface area contributed by atoms with Gasteiger partial charge in [0, 0.05) is 32.4 Å². The number of fused-ring (bicyclic) bond motifs is 1. The Kier molecular flexibility index (Phi) is 4.11. The largest absolute Gasteiger partial charge is 0.497 e. The van der Waals surface area contributed by atoms with Crippen molar-refractivity contribution in [3.8, 4) is 5.75 Å². The lowest BCUT2D eigenvalue weighted by Gasteiger charge is -2.12. The number of likely N-dealkylation sites (N-methyl/N-ethyl adjacent to an activating group) is 1. The molecule has 0 atom stereocenters. The maximum atomic E-state index is 5.25. The summed E-state index contributed by atoms with van der Waals surface area (Å²) in [6.45, 7) is 2.89. The van der Waals surface area contributed by atoms with Gasteiger partial charge < -0.3 is 15.0 Å². The van der Waals surface area contributed by atoms with Crippen LogP contribution in [0, 0.1) is 0 Å². The van der Waals surface area contributed by atoms with Gasteiger partial charge in [-0.05, 0) is 41.3 Å². The summed E-state index contributed by atoms with van der Waals surface area (Å²) in [6, 6.07) is 15.0. The fourth-order valence-electron chi connectivity index (χ4n) is 2.86. The molecule has 0 bridgehead atoms. The Balaban J connectivity index is 1.58. The molecule has 0 aliphatic carbocycles. The lowest BCUT2D eigenvalue weighted by atomic mass is 10.1. The van der Waals surface area contributed by atoms with Crippen LogP contribution >= 0.6 is 0 Å². The quantitative estimate of drug-likeness (QED) is 0.912. The summed E-state index contributed by atoms with van der Waals surface area (Å²) in [7, 11) is 3.86. The van der Waals surface area contributed by atoms with Gasteiger partial charge in [0.05, 0.1) is 7.11 Å². The molecule has 0 aromatic heterocycles. The SMILES string of the molecule is COc1cccc(CNCc2ccc3c(c2)CCN3C)c1. The molecule has 21 heavy (non-hydrogen) atoms. The fourth-order valence-corrected chi connectivity index (χ4v) is 2.86. The molecule has 3 nitrogen and oxygen atoms in total. The van der Waals surface area contributed by atoms with Crippen LogP contribution in [-0.2, 0) is 19.5 Å². The van der Waals surface area contributed by atoms with Crippen LogP contribution in [-0.4, -0.2) is 20.7 Å². The van der Waals surface area contributed by atoms with E-state index in [9.17, 15) is 0 Å². The molecule has 3 rings (SSSR count). The number of benzene rings is 2. The summed E-state index contributed by atoms with van der Waals surface area (Å²) in [5.41, 5.74) is 5.45. The maximum absolute atomic E-state index is 5.25. The van der Waals surface area contributed by atoms with E-state index in [-0.39, 0.29) is 0 Å². The summed E-state index contributed by atoms with van der Waals surface area (Å²) >= 11 is 0. The van der Waals surface area contributed by atoms with E-state index in [1.54, 1.807) is 7.11 Å². The van der Waals surface area contributed by atoms with Crippen molar-refractivity contribution in [3.63, 3.8) is 0 Å². The summed E-state index contributed by atoms with van der Waals surface area (Å²) in [6.07, 6.45) is 1.16. The summed E-state index contributed by atoms with van der Waals surface area (Å²) < 4.78 is 5.25. The van der Waals surface area contributed by atoms with E-state index in [1.165, 1.54) is 22.4 Å². The first-order valence-electron chi connectivity index (χ1n) is 7.43. The number of nitrogens with one attached hydrogen (secondary N) is 1. The molecule has 1 aliphatic heterocycles. The van der Waals surface area contributed by atoms with Gasteiger partial charge in [0.1, 0.15) is 5.75 Å². The first kappa shape index (κ1) is 14.0. The third-order valence-electron chi connectivity index (χ3n) is 4.06. The van der Waals surface area contributed by atoms with Crippen LogP contribution in [0.15, 0.2) is 42.5 Å². The molecule has 0 radical (unpaired) electrons. The van der Waals surface area contributed by atoms with Gasteiger partial charge in [0.15, 0.2) is 0 Å². The molecule has 3 heteroatoms. The van der Waals surface area contributed by atoms with Gasteiger partial charge in [0.25, 0.3) is 0 Å². The third kappa shape index (κ3) is 3.19. The number of hydrogen-bond donors (Lipinski definition) is 1. The van der Waals surface area contributed by atoms with Gasteiger partial charge in [-0.3, -0.25) is 0 Å². The number of ether oxygens (including phenoxy) is 1. The van der Waals surface area contributed by atoms with Gasteiger partial charge in [-0.25, -0.2) is 0 Å². The Morgan fingerprint density at radius 1 is 1.10 bits per heavy atom. The highest BCUT2D eigenvalue weighted by Crippen LogP contribution is 2.27. The van der Waals surface area contributed by atoms with Crippen LogP contribution in [0.25, 0.3) is 0 Å². The molecule has 0 fully saturated rings. The average molecular weight is 282 g/mol. The second kappa shape index (κ2) is 6.19. The van der Waals surface area contributed by atoms with Crippen LogP contribution in [0.3, 0.4) is 0 Å². The van der Waals surface area contributed by atoms with Gasteiger partial charge in [-0.2, -0.15) is 0 Å². The molecule has 2 aromatic rings. The second-order valence-electron chi connectivity index (χ2n) is 5.59. The van der Waals surface area contributed by atoms with Crippen molar-refractivity contribution in [2.75, 3.05) is 25.6 Å². The van der Waals surface area contributed by atoms with Gasteiger partial charge in [-0.15, -0.1) is 0 Å². The Morgan fingerprint density at radius 2 is 1.90 bits per heavy atom. The number of rotatable bonds is 5. The zero-order valence-corrected chi connectivity index (χ0v) is 12.7. The van der Waals surface area contributed by atoms with E-state index >= 15 is 0 Å². The van der Waals surface area contributed by atoms with Crippen molar-refractivity contribution in [1.29, 1.82) is 0 Å². The van der Waals surface area contributed by atoms with Crippen LogP contribution < -0.4 is 15.0 Å². The van der Waals surface area contributed by atoms with E-state index in [1.807, 2.05) is 12.1 Å². The lowest BCUT2D eigenvalue weighted by molar-refractivity contribution is 0.414. The molecule has 0 unspecified atom stereocenters. The third-order valence-corrected chi connectivity index (χ3v) is 4.06. The van der Waals surface area contributed by atoms with Crippen molar-refractivity contribution >= 4 is 5.69 Å². The minimum absolute atomic E-state index is 0.855. The van der Waals surface area contributed by atoms with Crippen molar-refractivity contribution in [1.82, 2.24) is 5.32 Å². The highest BCUT2D eigenvalue weighted by molar-refractivity contribution is 5.58. The Hall–Kier alpha value is -2.00. The molecule has 2 aromatic carbocycles. The van der Waals surface area contributed by atoms with Crippen LogP contribution in [0.5, 0.6) is 5.75 Å². The predicted octanol–water partition coefficient (Wildman–Crippen LogP) is 2.98. The van der Waals surface area contributed by atoms with Crippen molar-refractivity contribution < 1.29 is 4.74 Å². The zero-order valence-electron chi connectivity index (χ0n) is 12.7. The molecular weight excluding hydrogens is 260 g/mol. The number of nitrogens with zero attached hydrogens (tertiary/aromatic N) is 1. The Morgan fingerprint density at radius 3 is 2.71 bits per heavy atom. The highest BCUT2D eigenvalue weighted by Gasteiger charge is 2.15. The fraction of sp³-hybridized carbons (Fsp3) is 0.333. The monoisotopic (exact) mass is 282 g/mol. The average Bonchev–Trinajstić information content (AvgIpc) is 2.88. The number of hydrogen-bond acceptors (Lipinski definition) is 3. The summed E-state index contributed by atoms with van der Waals surface area (Å²) in [5, 5.41) is 3.50. The van der Waals surface area contributed by atoms with Crippen molar-refractivity contribution in [2.24, 2.45) is 0 Å². The van der Waals surface area contributed by atoms with Crippen LogP contribution in [0.1, 0.15) is 16.7 Å². The van der Waals surface area contributed by atoms with Crippen LogP contribution in [0.2, 0.25) is 0 Å². The van der Waals surface area contributed by atoms with Gasteiger partial charge >= 0.3 is 0 Å². The second-order valence-corrected chi connectivity index (χ2v) is 5.59. The normalized spacial score (nSPS) is 13.3. The van der Waals surface area contributed by atoms with E-state index in [2.05, 4.69) is 47.6 Å². The smallest absolute Gasteiger partial charge is 0.119 e. The van der Waals surface area contributed by atoms with Crippen LogP contribution in [0.4, 0.5) is 5.69 Å². The summed E-state index contributed by atoms with van der Waals surface area (Å²) in [4.78, 5) is 2.32. The molecule has 0 spiro atoms. The lowest BCUT2D eigenvalue weighted by Crippen LogP contribution is -2.13. The van der Waals surface area contributed by atoms with E-state index in [4.69, 9.17) is 4.74 Å². The highest BCUT2D eigenvalue weighted by atomic mass is 16.5. The minimum atomic E-state index is 0.855. The maximum Gasteiger partial charge on any atom is 0.119 e. The molecule has 0 amide bonds. The van der Waals surface area contributed by atoms with Crippen molar-refractivity contribution in [3.05, 3.63) is 59.2 Å². The molecule has 0 saturated heterocycles. The first-order chi connectivity index (χ1) is 10.3. The predicted molar refractivity (Wildman–Crippen MR) is 87.0 cm³/mol.